The van der Waals surface area contributed by atoms with Gasteiger partial charge in [0, 0.05) is 29.7 Å². The van der Waals surface area contributed by atoms with Crippen molar-refractivity contribution in [3.63, 3.8) is 0 Å². The maximum atomic E-state index is 10.7. The molecule has 0 amide bonds. The Bertz CT molecular complexity index is 414. The van der Waals surface area contributed by atoms with Crippen molar-refractivity contribution in [3.8, 4) is 0 Å². The third-order valence-corrected chi connectivity index (χ3v) is 4.85. The Morgan fingerprint density at radius 3 is 2.68 bits per heavy atom. The number of hydrogen-bond acceptors (Lipinski definition) is 4. The van der Waals surface area contributed by atoms with Crippen molar-refractivity contribution < 1.29 is 5.11 Å². The van der Waals surface area contributed by atoms with E-state index in [0.29, 0.717) is 12.3 Å². The predicted octanol–water partition coefficient (Wildman–Crippen LogP) is 2.73. The summed E-state index contributed by atoms with van der Waals surface area (Å²) in [6, 6.07) is 0. The molecule has 0 bridgehead atoms. The molecule has 1 aliphatic heterocycles. The highest BCUT2D eigenvalue weighted by atomic mass is 32.1. The summed E-state index contributed by atoms with van der Waals surface area (Å²) in [6.45, 7) is 10.5. The maximum absolute atomic E-state index is 10.7. The lowest BCUT2D eigenvalue weighted by molar-refractivity contribution is -0.0103. The van der Waals surface area contributed by atoms with Gasteiger partial charge in [-0.2, -0.15) is 0 Å². The highest BCUT2D eigenvalue weighted by Crippen LogP contribution is 2.30. The predicted molar refractivity (Wildman–Crippen MR) is 80.7 cm³/mol. The van der Waals surface area contributed by atoms with Crippen LogP contribution in [0.4, 0.5) is 0 Å². The van der Waals surface area contributed by atoms with Crippen molar-refractivity contribution in [1.29, 1.82) is 0 Å². The number of aromatic nitrogens is 1. The summed E-state index contributed by atoms with van der Waals surface area (Å²) in [6.07, 6.45) is 2.93. The van der Waals surface area contributed by atoms with Crippen LogP contribution >= 0.6 is 11.3 Å². The fraction of sp³-hybridized carbons (Fsp3) is 0.800. The second-order valence-electron chi connectivity index (χ2n) is 6.95. The minimum absolute atomic E-state index is 0.0903. The summed E-state index contributed by atoms with van der Waals surface area (Å²) in [5.74, 6) is 0.336. The van der Waals surface area contributed by atoms with E-state index in [1.165, 1.54) is 0 Å². The van der Waals surface area contributed by atoms with Crippen LogP contribution in [-0.2, 0) is 11.8 Å². The Balaban J connectivity index is 2.05. The zero-order valence-electron chi connectivity index (χ0n) is 12.5. The van der Waals surface area contributed by atoms with Gasteiger partial charge >= 0.3 is 0 Å². The SMILES string of the molecule is CC(C)(C)c1csc(CC(C)(O)C2CCCNC2)n1. The molecule has 4 heteroatoms. The Hall–Kier alpha value is -0.450. The molecule has 2 rings (SSSR count). The van der Waals surface area contributed by atoms with Gasteiger partial charge in [0.1, 0.15) is 0 Å². The largest absolute Gasteiger partial charge is 0.389 e. The molecule has 2 atom stereocenters. The van der Waals surface area contributed by atoms with Crippen LogP contribution in [0.25, 0.3) is 0 Å². The van der Waals surface area contributed by atoms with Gasteiger partial charge in [0.2, 0.25) is 0 Å². The van der Waals surface area contributed by atoms with Gasteiger partial charge in [0.15, 0.2) is 0 Å². The van der Waals surface area contributed by atoms with Crippen LogP contribution in [0.2, 0.25) is 0 Å². The van der Waals surface area contributed by atoms with Crippen molar-refractivity contribution in [3.05, 3.63) is 16.1 Å². The molecular formula is C15H26N2OS. The molecule has 1 aliphatic rings. The molecule has 0 aromatic carbocycles. The molecule has 0 spiro atoms. The molecule has 2 heterocycles. The second-order valence-corrected chi connectivity index (χ2v) is 7.90. The molecule has 1 aromatic heterocycles. The van der Waals surface area contributed by atoms with Crippen LogP contribution in [-0.4, -0.2) is 28.8 Å². The lowest BCUT2D eigenvalue weighted by Crippen LogP contribution is -2.45. The van der Waals surface area contributed by atoms with Gasteiger partial charge in [0.25, 0.3) is 0 Å². The van der Waals surface area contributed by atoms with Crippen LogP contribution in [0.1, 0.15) is 51.2 Å². The van der Waals surface area contributed by atoms with Crippen LogP contribution in [0.3, 0.4) is 0 Å². The number of nitrogens with one attached hydrogen (secondary N) is 1. The summed E-state index contributed by atoms with van der Waals surface area (Å²) in [5, 5.41) is 17.3. The quantitative estimate of drug-likeness (QED) is 0.896. The van der Waals surface area contributed by atoms with Crippen LogP contribution < -0.4 is 5.32 Å². The number of thiazole rings is 1. The average molecular weight is 282 g/mol. The molecule has 2 N–H and O–H groups in total. The smallest absolute Gasteiger partial charge is 0.0957 e. The van der Waals surface area contributed by atoms with Crippen molar-refractivity contribution in [2.45, 2.75) is 58.0 Å². The molecule has 1 aromatic rings. The lowest BCUT2D eigenvalue weighted by atomic mass is 9.81. The Morgan fingerprint density at radius 2 is 2.16 bits per heavy atom. The first-order valence-electron chi connectivity index (χ1n) is 7.17. The number of hydrogen-bond donors (Lipinski definition) is 2. The van der Waals surface area contributed by atoms with E-state index in [1.54, 1.807) is 11.3 Å². The average Bonchev–Trinajstić information content (AvgIpc) is 2.78. The zero-order valence-corrected chi connectivity index (χ0v) is 13.3. The first-order chi connectivity index (χ1) is 8.79. The third-order valence-electron chi connectivity index (χ3n) is 4.01. The van der Waals surface area contributed by atoms with Gasteiger partial charge in [-0.15, -0.1) is 11.3 Å². The van der Waals surface area contributed by atoms with Crippen LogP contribution in [0.15, 0.2) is 5.38 Å². The highest BCUT2D eigenvalue weighted by Gasteiger charge is 2.34. The highest BCUT2D eigenvalue weighted by molar-refractivity contribution is 7.09. The van der Waals surface area contributed by atoms with E-state index in [2.05, 4.69) is 31.5 Å². The van der Waals surface area contributed by atoms with Crippen LogP contribution in [0.5, 0.6) is 0 Å². The fourth-order valence-corrected chi connectivity index (χ4v) is 3.75. The lowest BCUT2D eigenvalue weighted by Gasteiger charge is -2.35. The van der Waals surface area contributed by atoms with Gasteiger partial charge in [-0.25, -0.2) is 4.98 Å². The first-order valence-corrected chi connectivity index (χ1v) is 8.05. The molecule has 19 heavy (non-hydrogen) atoms. The summed E-state index contributed by atoms with van der Waals surface area (Å²) in [4.78, 5) is 4.70. The molecule has 108 valence electrons. The van der Waals surface area contributed by atoms with E-state index in [-0.39, 0.29) is 5.41 Å². The maximum Gasteiger partial charge on any atom is 0.0957 e. The van der Waals surface area contributed by atoms with Gasteiger partial charge in [-0.05, 0) is 26.3 Å². The molecule has 1 fully saturated rings. The minimum Gasteiger partial charge on any atom is -0.389 e. The molecule has 0 aliphatic carbocycles. The van der Waals surface area contributed by atoms with Crippen molar-refractivity contribution in [2.75, 3.05) is 13.1 Å². The first kappa shape index (κ1) is 14.9. The zero-order chi connectivity index (χ0) is 14.1. The van der Waals surface area contributed by atoms with E-state index in [9.17, 15) is 5.11 Å². The molecule has 3 nitrogen and oxygen atoms in total. The van der Waals surface area contributed by atoms with E-state index in [1.807, 2.05) is 6.92 Å². The van der Waals surface area contributed by atoms with Crippen molar-refractivity contribution in [1.82, 2.24) is 10.3 Å². The standard InChI is InChI=1S/C15H26N2OS/c1-14(2,3)12-10-19-13(17-12)8-15(4,18)11-6-5-7-16-9-11/h10-11,16,18H,5-9H2,1-4H3. The summed E-state index contributed by atoms with van der Waals surface area (Å²) in [7, 11) is 0. The number of rotatable bonds is 3. The third kappa shape index (κ3) is 3.77. The van der Waals surface area contributed by atoms with Gasteiger partial charge in [0.05, 0.1) is 16.3 Å². The van der Waals surface area contributed by atoms with Crippen LogP contribution in [0, 0.1) is 5.92 Å². The monoisotopic (exact) mass is 282 g/mol. The van der Waals surface area contributed by atoms with E-state index in [0.717, 1.165) is 36.6 Å². The van der Waals surface area contributed by atoms with Crippen molar-refractivity contribution >= 4 is 11.3 Å². The van der Waals surface area contributed by atoms with Crippen molar-refractivity contribution in [2.24, 2.45) is 5.92 Å². The van der Waals surface area contributed by atoms with E-state index < -0.39 is 5.60 Å². The molecule has 0 radical (unpaired) electrons. The van der Waals surface area contributed by atoms with Gasteiger partial charge < -0.3 is 10.4 Å². The Kier molecular flexibility index (Phi) is 4.33. The minimum atomic E-state index is -0.652. The summed E-state index contributed by atoms with van der Waals surface area (Å²) in [5.41, 5.74) is 0.568. The van der Waals surface area contributed by atoms with E-state index >= 15 is 0 Å². The number of nitrogens with zero attached hydrogens (tertiary/aromatic N) is 1. The molecule has 2 unspecified atom stereocenters. The topological polar surface area (TPSA) is 45.1 Å². The molecule has 0 saturated carbocycles. The Labute approximate surface area is 120 Å². The molecule has 1 saturated heterocycles. The van der Waals surface area contributed by atoms with Gasteiger partial charge in [-0.3, -0.25) is 0 Å². The number of aliphatic hydroxyl groups is 1. The fourth-order valence-electron chi connectivity index (χ4n) is 2.57. The normalized spacial score (nSPS) is 24.2. The summed E-state index contributed by atoms with van der Waals surface area (Å²) < 4.78 is 0. The second kappa shape index (κ2) is 5.51. The van der Waals surface area contributed by atoms with Gasteiger partial charge in [-0.1, -0.05) is 20.8 Å². The van der Waals surface area contributed by atoms with E-state index in [4.69, 9.17) is 4.98 Å². The molecular weight excluding hydrogens is 256 g/mol. The Morgan fingerprint density at radius 1 is 1.42 bits per heavy atom. The summed E-state index contributed by atoms with van der Waals surface area (Å²) >= 11 is 1.68. The number of piperidine rings is 1.